The van der Waals surface area contributed by atoms with E-state index in [1.165, 1.54) is 12.1 Å². The minimum absolute atomic E-state index is 0.0446. The Morgan fingerprint density at radius 2 is 1.82 bits per heavy atom. The van der Waals surface area contributed by atoms with E-state index in [-0.39, 0.29) is 30.4 Å². The Labute approximate surface area is 210 Å². The Morgan fingerprint density at radius 1 is 1.09 bits per heavy atom. The number of aryl methyl sites for hydroxylation is 1. The van der Waals surface area contributed by atoms with Gasteiger partial charge in [0, 0.05) is 47.3 Å². The molecule has 2 heterocycles. The molecule has 3 aromatic rings. The van der Waals surface area contributed by atoms with Crippen molar-refractivity contribution in [2.45, 2.75) is 39.4 Å². The summed E-state index contributed by atoms with van der Waals surface area (Å²) in [6.07, 6.45) is 0. The number of ether oxygens (including phenoxy) is 1. The average Bonchev–Trinajstić information content (AvgIpc) is 2.77. The van der Waals surface area contributed by atoms with E-state index in [9.17, 15) is 9.18 Å². The summed E-state index contributed by atoms with van der Waals surface area (Å²) in [5.74, 6) is 0.290. The van der Waals surface area contributed by atoms with Crippen molar-refractivity contribution in [2.24, 2.45) is 0 Å². The Kier molecular flexibility index (Phi) is 7.36. The van der Waals surface area contributed by atoms with Gasteiger partial charge in [-0.15, -0.1) is 0 Å². The molecule has 0 spiro atoms. The van der Waals surface area contributed by atoms with Crippen molar-refractivity contribution >= 4 is 48.7 Å². The lowest BCUT2D eigenvalue weighted by Gasteiger charge is -2.44. The molecule has 0 bridgehead atoms. The number of pyridine rings is 1. The third-order valence-electron chi connectivity index (χ3n) is 6.05. The third-order valence-corrected chi connectivity index (χ3v) is 7.30. The number of carbonyl (C=O) groups is 1. The second-order valence-corrected chi connectivity index (χ2v) is 10.3. The lowest BCUT2D eigenvalue weighted by atomic mass is 10.1. The number of halogens is 3. The highest BCUT2D eigenvalue weighted by Gasteiger charge is 2.32. The number of nitrogens with zero attached hydrogens (tertiary/aromatic N) is 3. The molecule has 0 radical (unpaired) electrons. The van der Waals surface area contributed by atoms with Gasteiger partial charge < -0.3 is 9.64 Å². The average molecular weight is 579 g/mol. The molecule has 1 saturated heterocycles. The van der Waals surface area contributed by atoms with Gasteiger partial charge >= 0.3 is 0 Å². The van der Waals surface area contributed by atoms with Gasteiger partial charge in [-0.1, -0.05) is 28.1 Å². The number of carbonyl (C=O) groups excluding carboxylic acids is 1. The zero-order valence-electron chi connectivity index (χ0n) is 18.8. The van der Waals surface area contributed by atoms with Crippen molar-refractivity contribution in [2.75, 3.05) is 19.7 Å². The normalized spacial score (nSPS) is 19.2. The Hall–Kier alpha value is -2.03. The number of aromatic nitrogens is 1. The van der Waals surface area contributed by atoms with E-state index >= 15 is 0 Å². The van der Waals surface area contributed by atoms with Crippen molar-refractivity contribution in [3.63, 3.8) is 0 Å². The fraction of sp³-hybridized carbons (Fsp3) is 0.360. The second kappa shape index (κ2) is 10.1. The fourth-order valence-corrected chi connectivity index (χ4v) is 5.62. The van der Waals surface area contributed by atoms with Crippen LogP contribution < -0.4 is 4.74 Å². The monoisotopic (exact) mass is 577 g/mol. The molecule has 4 rings (SSSR count). The summed E-state index contributed by atoms with van der Waals surface area (Å²) in [5.41, 5.74) is 2.66. The summed E-state index contributed by atoms with van der Waals surface area (Å²) < 4.78 is 20.9. The van der Waals surface area contributed by atoms with E-state index in [1.54, 1.807) is 0 Å². The van der Waals surface area contributed by atoms with Crippen LogP contribution in [0.3, 0.4) is 0 Å². The number of hydrogen-bond donors (Lipinski definition) is 0. The van der Waals surface area contributed by atoms with Crippen LogP contribution in [0.2, 0.25) is 0 Å². The van der Waals surface area contributed by atoms with Crippen LogP contribution in [0.15, 0.2) is 51.4 Å². The summed E-state index contributed by atoms with van der Waals surface area (Å²) in [6, 6.07) is 12.7. The number of hydrogen-bond acceptors (Lipinski definition) is 4. The smallest absolute Gasteiger partial charge is 0.260 e. The van der Waals surface area contributed by atoms with Gasteiger partial charge in [-0.2, -0.15) is 0 Å². The van der Waals surface area contributed by atoms with E-state index in [0.717, 1.165) is 44.2 Å². The molecule has 0 saturated carbocycles. The summed E-state index contributed by atoms with van der Waals surface area (Å²) in [5, 5.41) is 0.933. The van der Waals surface area contributed by atoms with E-state index in [0.29, 0.717) is 12.3 Å². The standard InChI is InChI=1S/C25H26Br2FN3O2/c1-15-4-9-20-21(26)10-22(27)25(24(20)29-15)33-14-23(32)31-12-16(2)30(11-17(31)3)13-18-5-7-19(28)8-6-18/h4-10,16-17H,11-14H2,1-3H3/t16-,17+/m0/s1. The van der Waals surface area contributed by atoms with Crippen molar-refractivity contribution in [1.82, 2.24) is 14.8 Å². The topological polar surface area (TPSA) is 45.7 Å². The first-order valence-electron chi connectivity index (χ1n) is 10.9. The maximum absolute atomic E-state index is 13.2. The van der Waals surface area contributed by atoms with Crippen LogP contribution in [0.25, 0.3) is 10.9 Å². The van der Waals surface area contributed by atoms with Crippen molar-refractivity contribution < 1.29 is 13.9 Å². The zero-order chi connectivity index (χ0) is 23.7. The second-order valence-electron chi connectivity index (χ2n) is 8.61. The van der Waals surface area contributed by atoms with Crippen LogP contribution in [0.4, 0.5) is 4.39 Å². The van der Waals surface area contributed by atoms with Crippen LogP contribution >= 0.6 is 31.9 Å². The highest BCUT2D eigenvalue weighted by atomic mass is 79.9. The molecule has 1 fully saturated rings. The first kappa shape index (κ1) is 24.1. The molecule has 8 heteroatoms. The Bertz CT molecular complexity index is 1170. The lowest BCUT2D eigenvalue weighted by molar-refractivity contribution is -0.139. The molecule has 174 valence electrons. The molecule has 0 N–H and O–H groups in total. The van der Waals surface area contributed by atoms with Crippen molar-refractivity contribution in [3.8, 4) is 5.75 Å². The molecule has 5 nitrogen and oxygen atoms in total. The largest absolute Gasteiger partial charge is 0.480 e. The van der Waals surface area contributed by atoms with Crippen LogP contribution in [-0.2, 0) is 11.3 Å². The summed E-state index contributed by atoms with van der Waals surface area (Å²) in [6.45, 7) is 8.13. The van der Waals surface area contributed by atoms with Gasteiger partial charge in [0.15, 0.2) is 12.4 Å². The summed E-state index contributed by atoms with van der Waals surface area (Å²) in [7, 11) is 0. The summed E-state index contributed by atoms with van der Waals surface area (Å²) >= 11 is 7.13. The maximum Gasteiger partial charge on any atom is 0.260 e. The van der Waals surface area contributed by atoms with E-state index in [4.69, 9.17) is 4.74 Å². The van der Waals surface area contributed by atoms with Crippen molar-refractivity contribution in [1.29, 1.82) is 0 Å². The molecular weight excluding hydrogens is 553 g/mol. The minimum Gasteiger partial charge on any atom is -0.480 e. The first-order chi connectivity index (χ1) is 15.7. The predicted molar refractivity (Wildman–Crippen MR) is 135 cm³/mol. The van der Waals surface area contributed by atoms with Gasteiger partial charge in [0.2, 0.25) is 0 Å². The highest BCUT2D eigenvalue weighted by Crippen LogP contribution is 2.37. The molecule has 33 heavy (non-hydrogen) atoms. The minimum atomic E-state index is -0.230. The molecule has 1 aliphatic heterocycles. The van der Waals surface area contributed by atoms with Crippen LogP contribution in [-0.4, -0.2) is 52.5 Å². The lowest BCUT2D eigenvalue weighted by Crippen LogP contribution is -2.58. The quantitative estimate of drug-likeness (QED) is 0.389. The molecule has 2 aromatic carbocycles. The van der Waals surface area contributed by atoms with Gasteiger partial charge in [0.05, 0.1) is 4.47 Å². The summed E-state index contributed by atoms with van der Waals surface area (Å²) in [4.78, 5) is 22.0. The fourth-order valence-electron chi connectivity index (χ4n) is 4.23. The van der Waals surface area contributed by atoms with E-state index in [2.05, 4.69) is 55.6 Å². The Balaban J connectivity index is 1.43. The third kappa shape index (κ3) is 5.39. The molecule has 0 aliphatic carbocycles. The van der Waals surface area contributed by atoms with E-state index < -0.39 is 0 Å². The van der Waals surface area contributed by atoms with E-state index in [1.807, 2.05) is 42.2 Å². The molecule has 2 atom stereocenters. The van der Waals surface area contributed by atoms with Gasteiger partial charge in [-0.25, -0.2) is 9.37 Å². The highest BCUT2D eigenvalue weighted by molar-refractivity contribution is 9.11. The molecule has 0 unspecified atom stereocenters. The van der Waals surface area contributed by atoms with Crippen LogP contribution in [0.1, 0.15) is 25.1 Å². The predicted octanol–water partition coefficient (Wildman–Crippen LogP) is 5.71. The maximum atomic E-state index is 13.2. The Morgan fingerprint density at radius 3 is 2.55 bits per heavy atom. The molecular formula is C25H26Br2FN3O2. The molecule has 1 aliphatic rings. The SMILES string of the molecule is Cc1ccc2c(Br)cc(Br)c(OCC(=O)N3C[C@H](C)N(Cc4ccc(F)cc4)C[C@H]3C)c2n1. The number of piperazine rings is 1. The van der Waals surface area contributed by atoms with Gasteiger partial charge in [-0.05, 0) is 72.6 Å². The molecule has 1 aromatic heterocycles. The number of rotatable bonds is 5. The van der Waals surface area contributed by atoms with Gasteiger partial charge in [0.25, 0.3) is 5.91 Å². The molecule has 1 amide bonds. The number of fused-ring (bicyclic) bond motifs is 1. The van der Waals surface area contributed by atoms with Crippen LogP contribution in [0, 0.1) is 12.7 Å². The first-order valence-corrected chi connectivity index (χ1v) is 12.5. The zero-order valence-corrected chi connectivity index (χ0v) is 22.0. The van der Waals surface area contributed by atoms with Crippen molar-refractivity contribution in [3.05, 3.63) is 68.5 Å². The van der Waals surface area contributed by atoms with Gasteiger partial charge in [-0.3, -0.25) is 9.69 Å². The van der Waals surface area contributed by atoms with Gasteiger partial charge in [0.1, 0.15) is 11.3 Å². The van der Waals surface area contributed by atoms with Crippen LogP contribution in [0.5, 0.6) is 5.75 Å². The number of amides is 1. The number of benzene rings is 2.